The van der Waals surface area contributed by atoms with Crippen molar-refractivity contribution in [3.63, 3.8) is 0 Å². The standard InChI is InChI=1S/C10H20O3/c1-7-3-4-8(5-9(7)12)10(2,13)6-11/h7-9,11-13H,3-6H2,1-2H3/t7-,8+,9-,10+/m0/s1. The van der Waals surface area contributed by atoms with Crippen LogP contribution in [-0.2, 0) is 0 Å². The summed E-state index contributed by atoms with van der Waals surface area (Å²) >= 11 is 0. The largest absolute Gasteiger partial charge is 0.393 e. The van der Waals surface area contributed by atoms with Crippen LogP contribution in [0.5, 0.6) is 0 Å². The van der Waals surface area contributed by atoms with E-state index in [1.807, 2.05) is 6.92 Å². The first-order valence-electron chi connectivity index (χ1n) is 4.98. The van der Waals surface area contributed by atoms with E-state index in [1.54, 1.807) is 6.92 Å². The van der Waals surface area contributed by atoms with E-state index in [9.17, 15) is 10.2 Å². The summed E-state index contributed by atoms with van der Waals surface area (Å²) in [4.78, 5) is 0. The smallest absolute Gasteiger partial charge is 0.0878 e. The zero-order chi connectivity index (χ0) is 10.1. The van der Waals surface area contributed by atoms with Crippen molar-refractivity contribution in [2.75, 3.05) is 6.61 Å². The quantitative estimate of drug-likeness (QED) is 0.592. The summed E-state index contributed by atoms with van der Waals surface area (Å²) in [7, 11) is 0. The fraction of sp³-hybridized carbons (Fsp3) is 1.00. The molecule has 1 aliphatic rings. The van der Waals surface area contributed by atoms with Crippen molar-refractivity contribution in [2.45, 2.75) is 44.8 Å². The second-order valence-corrected chi connectivity index (χ2v) is 4.57. The minimum absolute atomic E-state index is 0.0312. The Morgan fingerprint density at radius 3 is 2.46 bits per heavy atom. The fourth-order valence-corrected chi connectivity index (χ4v) is 1.99. The summed E-state index contributed by atoms with van der Waals surface area (Å²) in [5.41, 5.74) is -1.03. The Hall–Kier alpha value is -0.120. The lowest BCUT2D eigenvalue weighted by atomic mass is 9.73. The average molecular weight is 188 g/mol. The highest BCUT2D eigenvalue weighted by atomic mass is 16.3. The van der Waals surface area contributed by atoms with Crippen LogP contribution in [0, 0.1) is 11.8 Å². The van der Waals surface area contributed by atoms with Gasteiger partial charge in [-0.2, -0.15) is 0 Å². The summed E-state index contributed by atoms with van der Waals surface area (Å²) in [5, 5.41) is 28.4. The van der Waals surface area contributed by atoms with Crippen molar-refractivity contribution in [1.29, 1.82) is 0 Å². The first-order valence-corrected chi connectivity index (χ1v) is 4.98. The molecule has 1 aliphatic carbocycles. The molecule has 1 fully saturated rings. The highest BCUT2D eigenvalue weighted by molar-refractivity contribution is 4.88. The van der Waals surface area contributed by atoms with Crippen molar-refractivity contribution < 1.29 is 15.3 Å². The number of hydrogen-bond donors (Lipinski definition) is 3. The highest BCUT2D eigenvalue weighted by Gasteiger charge is 2.37. The summed E-state index contributed by atoms with van der Waals surface area (Å²) in [6.45, 7) is 3.44. The molecule has 0 saturated heterocycles. The topological polar surface area (TPSA) is 60.7 Å². The van der Waals surface area contributed by atoms with Crippen molar-refractivity contribution in [3.05, 3.63) is 0 Å². The molecule has 0 aromatic rings. The van der Waals surface area contributed by atoms with E-state index in [1.165, 1.54) is 0 Å². The predicted molar refractivity (Wildman–Crippen MR) is 50.2 cm³/mol. The molecule has 0 amide bonds. The Morgan fingerprint density at radius 1 is 1.38 bits per heavy atom. The monoisotopic (exact) mass is 188 g/mol. The van der Waals surface area contributed by atoms with Crippen LogP contribution in [0.4, 0.5) is 0 Å². The summed E-state index contributed by atoms with van der Waals surface area (Å²) in [5.74, 6) is 0.356. The number of rotatable bonds is 2. The third-order valence-electron chi connectivity index (χ3n) is 3.35. The normalized spacial score (nSPS) is 39.9. The highest BCUT2D eigenvalue weighted by Crippen LogP contribution is 2.35. The maximum atomic E-state index is 9.79. The van der Waals surface area contributed by atoms with E-state index < -0.39 is 5.60 Å². The van der Waals surface area contributed by atoms with Crippen LogP contribution in [0.15, 0.2) is 0 Å². The number of aliphatic hydroxyl groups excluding tert-OH is 2. The average Bonchev–Trinajstić information content (AvgIpc) is 2.09. The minimum Gasteiger partial charge on any atom is -0.393 e. The van der Waals surface area contributed by atoms with Gasteiger partial charge in [0, 0.05) is 0 Å². The fourth-order valence-electron chi connectivity index (χ4n) is 1.99. The van der Waals surface area contributed by atoms with E-state index in [2.05, 4.69) is 0 Å². The zero-order valence-corrected chi connectivity index (χ0v) is 8.40. The van der Waals surface area contributed by atoms with Gasteiger partial charge in [-0.25, -0.2) is 0 Å². The van der Waals surface area contributed by atoms with Gasteiger partial charge >= 0.3 is 0 Å². The molecule has 0 spiro atoms. The van der Waals surface area contributed by atoms with E-state index >= 15 is 0 Å². The van der Waals surface area contributed by atoms with Crippen LogP contribution >= 0.6 is 0 Å². The molecule has 4 atom stereocenters. The van der Waals surface area contributed by atoms with Crippen molar-refractivity contribution >= 4 is 0 Å². The SMILES string of the molecule is C[C@H]1CC[C@@H]([C@](C)(O)CO)C[C@@H]1O. The van der Waals surface area contributed by atoms with Crippen molar-refractivity contribution in [2.24, 2.45) is 11.8 Å². The minimum atomic E-state index is -1.03. The molecule has 0 aromatic carbocycles. The van der Waals surface area contributed by atoms with Gasteiger partial charge in [0.25, 0.3) is 0 Å². The van der Waals surface area contributed by atoms with Gasteiger partial charge in [-0.05, 0) is 38.0 Å². The van der Waals surface area contributed by atoms with Crippen LogP contribution in [0.3, 0.4) is 0 Å². The molecule has 0 radical (unpaired) electrons. The van der Waals surface area contributed by atoms with Gasteiger partial charge in [-0.15, -0.1) is 0 Å². The van der Waals surface area contributed by atoms with E-state index in [4.69, 9.17) is 5.11 Å². The lowest BCUT2D eigenvalue weighted by molar-refractivity contribution is -0.0836. The molecule has 3 heteroatoms. The van der Waals surface area contributed by atoms with Crippen LogP contribution in [0.1, 0.15) is 33.1 Å². The molecule has 0 heterocycles. The third kappa shape index (κ3) is 2.42. The molecule has 78 valence electrons. The molecule has 13 heavy (non-hydrogen) atoms. The van der Waals surface area contributed by atoms with Gasteiger partial charge in [-0.3, -0.25) is 0 Å². The van der Waals surface area contributed by atoms with Gasteiger partial charge in [-0.1, -0.05) is 6.92 Å². The lowest BCUT2D eigenvalue weighted by Crippen LogP contribution is -2.43. The van der Waals surface area contributed by atoms with E-state index in [0.29, 0.717) is 12.3 Å². The molecule has 1 rings (SSSR count). The van der Waals surface area contributed by atoms with Crippen LogP contribution in [0.2, 0.25) is 0 Å². The first kappa shape index (κ1) is 11.0. The van der Waals surface area contributed by atoms with E-state index in [0.717, 1.165) is 12.8 Å². The molecule has 3 N–H and O–H groups in total. The second kappa shape index (κ2) is 3.95. The lowest BCUT2D eigenvalue weighted by Gasteiger charge is -2.38. The first-order chi connectivity index (χ1) is 5.97. The number of hydrogen-bond acceptors (Lipinski definition) is 3. The molecule has 0 aromatic heterocycles. The number of aliphatic hydroxyl groups is 3. The van der Waals surface area contributed by atoms with E-state index in [-0.39, 0.29) is 18.6 Å². The zero-order valence-electron chi connectivity index (χ0n) is 8.40. The predicted octanol–water partition coefficient (Wildman–Crippen LogP) is 0.527. The van der Waals surface area contributed by atoms with Crippen LogP contribution in [-0.4, -0.2) is 33.6 Å². The molecular weight excluding hydrogens is 168 g/mol. The second-order valence-electron chi connectivity index (χ2n) is 4.57. The van der Waals surface area contributed by atoms with Crippen molar-refractivity contribution in [1.82, 2.24) is 0 Å². The molecule has 0 bridgehead atoms. The molecule has 0 aliphatic heterocycles. The summed E-state index contributed by atoms with van der Waals surface area (Å²) in [6, 6.07) is 0. The van der Waals surface area contributed by atoms with Gasteiger partial charge in [0.05, 0.1) is 18.3 Å². The van der Waals surface area contributed by atoms with Gasteiger partial charge < -0.3 is 15.3 Å². The van der Waals surface area contributed by atoms with Gasteiger partial charge in [0.15, 0.2) is 0 Å². The molecule has 3 nitrogen and oxygen atoms in total. The Kier molecular flexibility index (Phi) is 3.33. The Balaban J connectivity index is 2.55. The summed E-state index contributed by atoms with van der Waals surface area (Å²) in [6.07, 6.45) is 2.11. The summed E-state index contributed by atoms with van der Waals surface area (Å²) < 4.78 is 0. The molecule has 1 saturated carbocycles. The van der Waals surface area contributed by atoms with Gasteiger partial charge in [0.1, 0.15) is 0 Å². The third-order valence-corrected chi connectivity index (χ3v) is 3.35. The van der Waals surface area contributed by atoms with Crippen LogP contribution in [0.25, 0.3) is 0 Å². The van der Waals surface area contributed by atoms with Gasteiger partial charge in [0.2, 0.25) is 0 Å². The Labute approximate surface area is 79.4 Å². The maximum absolute atomic E-state index is 9.79. The van der Waals surface area contributed by atoms with Crippen LogP contribution < -0.4 is 0 Å². The molecular formula is C10H20O3. The molecule has 0 unspecified atom stereocenters. The maximum Gasteiger partial charge on any atom is 0.0878 e. The Bertz CT molecular complexity index is 168. The van der Waals surface area contributed by atoms with Crippen molar-refractivity contribution in [3.8, 4) is 0 Å². The Morgan fingerprint density at radius 2 is 2.00 bits per heavy atom.